The third-order valence-electron chi connectivity index (χ3n) is 4.45. The van der Waals surface area contributed by atoms with Crippen LogP contribution in [0, 0.1) is 0 Å². The minimum atomic E-state index is -3.30. The quantitative estimate of drug-likeness (QED) is 0.243. The zero-order valence-electron chi connectivity index (χ0n) is 17.3. The number of amides is 1. The van der Waals surface area contributed by atoms with Crippen LogP contribution in [0.5, 0.6) is 0 Å². The van der Waals surface area contributed by atoms with Gasteiger partial charge in [-0.05, 0) is 30.2 Å². The summed E-state index contributed by atoms with van der Waals surface area (Å²) >= 11 is 0. The number of nitrogens with one attached hydrogen (secondary N) is 3. The van der Waals surface area contributed by atoms with Crippen LogP contribution in [-0.2, 0) is 21.4 Å². The first kappa shape index (κ1) is 27.6. The number of nitrogens with zero attached hydrogens (tertiary/aromatic N) is 3. The minimum absolute atomic E-state index is 0. The fraction of sp³-hybridized carbons (Fsp3) is 0.316. The van der Waals surface area contributed by atoms with Gasteiger partial charge in [-0.1, -0.05) is 12.1 Å². The zero-order valence-corrected chi connectivity index (χ0v) is 19.7. The van der Waals surface area contributed by atoms with Crippen molar-refractivity contribution in [2.24, 2.45) is 0 Å². The van der Waals surface area contributed by atoms with Gasteiger partial charge < -0.3 is 5.32 Å². The summed E-state index contributed by atoms with van der Waals surface area (Å²) in [6, 6.07) is 7.61. The molecule has 0 bridgehead atoms. The van der Waals surface area contributed by atoms with Gasteiger partial charge in [0.1, 0.15) is 5.82 Å². The molecule has 0 saturated carbocycles. The molecule has 1 aromatic carbocycles. The molecule has 10 nitrogen and oxygen atoms in total. The molecular weight excluding hydrogens is 479 g/mol. The normalized spacial score (nSPS) is 16.1. The van der Waals surface area contributed by atoms with E-state index in [4.69, 9.17) is 5.21 Å². The van der Waals surface area contributed by atoms with Gasteiger partial charge >= 0.3 is 0 Å². The van der Waals surface area contributed by atoms with E-state index in [1.165, 1.54) is 17.8 Å². The van der Waals surface area contributed by atoms with E-state index in [1.807, 2.05) is 18.2 Å². The predicted molar refractivity (Wildman–Crippen MR) is 128 cm³/mol. The third-order valence-corrected chi connectivity index (χ3v) is 5.05. The molecule has 13 heteroatoms. The molecule has 1 amide bonds. The molecule has 0 spiro atoms. The fourth-order valence-corrected chi connectivity index (χ4v) is 3.76. The Hall–Kier alpha value is -2.44. The Morgan fingerprint density at radius 2 is 2.06 bits per heavy atom. The first-order valence-electron chi connectivity index (χ1n) is 9.30. The van der Waals surface area contributed by atoms with Gasteiger partial charge in [-0.3, -0.25) is 24.6 Å². The van der Waals surface area contributed by atoms with Gasteiger partial charge in [0.2, 0.25) is 10.0 Å². The van der Waals surface area contributed by atoms with Crippen molar-refractivity contribution >= 4 is 58.3 Å². The van der Waals surface area contributed by atoms with Crippen LogP contribution in [0.1, 0.15) is 17.7 Å². The molecular formula is C19H26Cl2N6O4S. The lowest BCUT2D eigenvalue weighted by molar-refractivity contribution is -0.124. The Labute approximate surface area is 199 Å². The summed E-state index contributed by atoms with van der Waals surface area (Å²) in [4.78, 5) is 21.8. The lowest BCUT2D eigenvalue weighted by Crippen LogP contribution is -2.26. The number of halogens is 2. The SMILES string of the molecule is CS(=O)(=O)Nc1cccc(CN2CC[C@@H](Nc3cnc(C=CC(=O)NO)cn3)C2)c1.Cl.Cl. The van der Waals surface area contributed by atoms with Gasteiger partial charge in [0.05, 0.1) is 24.3 Å². The van der Waals surface area contributed by atoms with Gasteiger partial charge in [-0.2, -0.15) is 0 Å². The highest BCUT2D eigenvalue weighted by Gasteiger charge is 2.22. The van der Waals surface area contributed by atoms with Crippen molar-refractivity contribution in [2.75, 3.05) is 29.4 Å². The van der Waals surface area contributed by atoms with Gasteiger partial charge in [-0.25, -0.2) is 18.9 Å². The van der Waals surface area contributed by atoms with E-state index in [0.29, 0.717) is 17.2 Å². The number of anilines is 2. The van der Waals surface area contributed by atoms with Crippen LogP contribution in [0.4, 0.5) is 11.5 Å². The number of benzene rings is 1. The highest BCUT2D eigenvalue weighted by atomic mass is 35.5. The van der Waals surface area contributed by atoms with Crippen LogP contribution in [0.2, 0.25) is 0 Å². The molecule has 2 heterocycles. The number of aromatic nitrogens is 2. The standard InChI is InChI=1S/C19H24N6O4S.2ClH/c1-30(28,29)24-15-4-2-3-14(9-15)12-25-8-7-17(13-25)22-18-11-20-16(10-21-18)5-6-19(26)23-27;;/h2-6,9-11,17,24,27H,7-8,12-13H2,1H3,(H,21,22)(H,23,26);2*1H/t17-;;/m1../s1. The maximum Gasteiger partial charge on any atom is 0.267 e. The Morgan fingerprint density at radius 3 is 2.72 bits per heavy atom. The van der Waals surface area contributed by atoms with Crippen molar-refractivity contribution in [1.29, 1.82) is 0 Å². The van der Waals surface area contributed by atoms with Crippen LogP contribution < -0.4 is 15.5 Å². The molecule has 0 aliphatic carbocycles. The smallest absolute Gasteiger partial charge is 0.267 e. The Morgan fingerprint density at radius 1 is 1.28 bits per heavy atom. The van der Waals surface area contributed by atoms with E-state index in [-0.39, 0.29) is 30.9 Å². The van der Waals surface area contributed by atoms with Gasteiger partial charge in [0, 0.05) is 37.4 Å². The zero-order chi connectivity index (χ0) is 21.6. The van der Waals surface area contributed by atoms with E-state index >= 15 is 0 Å². The van der Waals surface area contributed by atoms with E-state index < -0.39 is 15.9 Å². The summed E-state index contributed by atoms with van der Waals surface area (Å²) < 4.78 is 25.3. The van der Waals surface area contributed by atoms with Crippen LogP contribution in [0.15, 0.2) is 42.7 Å². The van der Waals surface area contributed by atoms with Crippen LogP contribution >= 0.6 is 24.8 Å². The summed E-state index contributed by atoms with van der Waals surface area (Å²) in [6.07, 6.45) is 7.82. The number of carbonyl (C=O) groups is 1. The van der Waals surface area contributed by atoms with Crippen molar-refractivity contribution in [1.82, 2.24) is 20.3 Å². The minimum Gasteiger partial charge on any atom is -0.365 e. The molecule has 4 N–H and O–H groups in total. The number of likely N-dealkylation sites (tertiary alicyclic amines) is 1. The Bertz CT molecular complexity index is 1020. The third kappa shape index (κ3) is 8.97. The highest BCUT2D eigenvalue weighted by molar-refractivity contribution is 7.92. The maximum absolute atomic E-state index is 11.4. The molecule has 0 unspecified atom stereocenters. The molecule has 0 radical (unpaired) electrons. The first-order valence-corrected chi connectivity index (χ1v) is 11.2. The van der Waals surface area contributed by atoms with E-state index in [0.717, 1.165) is 44.0 Å². The maximum atomic E-state index is 11.4. The molecule has 1 fully saturated rings. The average molecular weight is 505 g/mol. The molecule has 176 valence electrons. The van der Waals surface area contributed by atoms with Crippen LogP contribution in [0.3, 0.4) is 0 Å². The van der Waals surface area contributed by atoms with Crippen molar-refractivity contribution < 1.29 is 18.4 Å². The predicted octanol–water partition coefficient (Wildman–Crippen LogP) is 1.90. The second-order valence-electron chi connectivity index (χ2n) is 7.08. The molecule has 1 atom stereocenters. The number of hydrogen-bond acceptors (Lipinski definition) is 8. The molecule has 1 aromatic heterocycles. The van der Waals surface area contributed by atoms with E-state index in [1.54, 1.807) is 12.3 Å². The summed E-state index contributed by atoms with van der Waals surface area (Å²) in [6.45, 7) is 2.45. The fourth-order valence-electron chi connectivity index (χ4n) is 3.21. The molecule has 1 aliphatic rings. The van der Waals surface area contributed by atoms with Crippen molar-refractivity contribution in [2.45, 2.75) is 19.0 Å². The van der Waals surface area contributed by atoms with Crippen LogP contribution in [0.25, 0.3) is 6.08 Å². The number of hydroxylamine groups is 1. The molecule has 1 aliphatic heterocycles. The van der Waals surface area contributed by atoms with Gasteiger partial charge in [0.15, 0.2) is 0 Å². The molecule has 3 rings (SSSR count). The topological polar surface area (TPSA) is 137 Å². The number of hydrogen-bond donors (Lipinski definition) is 4. The van der Waals surface area contributed by atoms with Gasteiger partial charge in [0.25, 0.3) is 5.91 Å². The monoisotopic (exact) mass is 504 g/mol. The molecule has 1 saturated heterocycles. The lowest BCUT2D eigenvalue weighted by atomic mass is 10.2. The van der Waals surface area contributed by atoms with E-state index in [2.05, 4.69) is 24.9 Å². The Balaban J connectivity index is 0.00000256. The summed E-state index contributed by atoms with van der Waals surface area (Å²) in [5.74, 6) is 0.00708. The highest BCUT2D eigenvalue weighted by Crippen LogP contribution is 2.19. The van der Waals surface area contributed by atoms with Crippen molar-refractivity contribution in [3.05, 3.63) is 54.0 Å². The molecule has 2 aromatic rings. The Kier molecular flexibility index (Phi) is 10.8. The first-order chi connectivity index (χ1) is 14.3. The summed E-state index contributed by atoms with van der Waals surface area (Å²) in [7, 11) is -3.30. The largest absolute Gasteiger partial charge is 0.365 e. The van der Waals surface area contributed by atoms with E-state index in [9.17, 15) is 13.2 Å². The second-order valence-corrected chi connectivity index (χ2v) is 8.82. The van der Waals surface area contributed by atoms with Crippen LogP contribution in [-0.4, -0.2) is 59.8 Å². The summed E-state index contributed by atoms with van der Waals surface area (Å²) in [5.41, 5.74) is 3.60. The van der Waals surface area contributed by atoms with Gasteiger partial charge in [-0.15, -0.1) is 24.8 Å². The number of sulfonamides is 1. The lowest BCUT2D eigenvalue weighted by Gasteiger charge is -2.17. The summed E-state index contributed by atoms with van der Waals surface area (Å²) in [5, 5.41) is 11.8. The second kappa shape index (κ2) is 12.6. The molecule has 32 heavy (non-hydrogen) atoms. The number of carbonyl (C=O) groups excluding carboxylic acids is 1. The average Bonchev–Trinajstić information content (AvgIpc) is 3.12. The van der Waals surface area contributed by atoms with Crippen molar-refractivity contribution in [3.63, 3.8) is 0 Å². The number of rotatable bonds is 8. The van der Waals surface area contributed by atoms with Crippen molar-refractivity contribution in [3.8, 4) is 0 Å².